The van der Waals surface area contributed by atoms with Crippen LogP contribution in [0.1, 0.15) is 58.8 Å². The van der Waals surface area contributed by atoms with Gasteiger partial charge in [-0.25, -0.2) is 4.99 Å². The number of aliphatic imine (C=N–C) groups is 2. The van der Waals surface area contributed by atoms with Gasteiger partial charge >= 0.3 is 0 Å². The predicted octanol–water partition coefficient (Wildman–Crippen LogP) is 7.86. The summed E-state index contributed by atoms with van der Waals surface area (Å²) in [7, 11) is 0. The van der Waals surface area contributed by atoms with Crippen LogP contribution in [0.5, 0.6) is 0 Å². The summed E-state index contributed by atoms with van der Waals surface area (Å²) in [5, 5.41) is 0. The third-order valence-electron chi connectivity index (χ3n) is 4.32. The van der Waals surface area contributed by atoms with E-state index >= 15 is 0 Å². The van der Waals surface area contributed by atoms with E-state index in [4.69, 9.17) is 9.98 Å². The van der Waals surface area contributed by atoms with Gasteiger partial charge in [0.15, 0.2) is 0 Å². The van der Waals surface area contributed by atoms with Gasteiger partial charge in [0.25, 0.3) is 0 Å². The third-order valence-corrected chi connectivity index (χ3v) is 4.32. The molecule has 0 aliphatic rings. The molecular formula is C25H32N2Ni. The van der Waals surface area contributed by atoms with Crippen molar-refractivity contribution >= 4 is 22.8 Å². The maximum absolute atomic E-state index is 4.97. The molecule has 2 aromatic carbocycles. The monoisotopic (exact) mass is 418 g/mol. The summed E-state index contributed by atoms with van der Waals surface area (Å²) in [6.45, 7) is 4.44. The Balaban J connectivity index is 0.00000392. The summed E-state index contributed by atoms with van der Waals surface area (Å²) >= 11 is 0. The predicted molar refractivity (Wildman–Crippen MR) is 120 cm³/mol. The van der Waals surface area contributed by atoms with E-state index in [2.05, 4.69) is 38.1 Å². The van der Waals surface area contributed by atoms with Crippen LogP contribution >= 0.6 is 0 Å². The van der Waals surface area contributed by atoms with E-state index in [9.17, 15) is 0 Å². The minimum absolute atomic E-state index is 0. The second-order valence-corrected chi connectivity index (χ2v) is 6.73. The first-order valence-corrected chi connectivity index (χ1v) is 10.3. The first-order valence-electron chi connectivity index (χ1n) is 10.3. The summed E-state index contributed by atoms with van der Waals surface area (Å²) in [5.41, 5.74) is 4.03. The first-order chi connectivity index (χ1) is 13.3. The van der Waals surface area contributed by atoms with Crippen molar-refractivity contribution in [3.63, 3.8) is 0 Å². The van der Waals surface area contributed by atoms with Crippen LogP contribution in [0.15, 0.2) is 82.8 Å². The Labute approximate surface area is 180 Å². The Morgan fingerprint density at radius 2 is 1.36 bits per heavy atom. The zero-order chi connectivity index (χ0) is 19.2. The van der Waals surface area contributed by atoms with Crippen molar-refractivity contribution < 1.29 is 16.5 Å². The average Bonchev–Trinajstić information content (AvgIpc) is 2.71. The summed E-state index contributed by atoms with van der Waals surface area (Å²) in [5.74, 6) is 0. The quantitative estimate of drug-likeness (QED) is 0.201. The average molecular weight is 419 g/mol. The fraction of sp³-hybridized carbons (Fsp3) is 0.360. The first kappa shape index (κ1) is 24.1. The van der Waals surface area contributed by atoms with Crippen LogP contribution in [0.2, 0.25) is 0 Å². The van der Waals surface area contributed by atoms with Crippen LogP contribution in [0.4, 0.5) is 11.4 Å². The van der Waals surface area contributed by atoms with Crippen molar-refractivity contribution in [2.75, 3.05) is 0 Å². The molecule has 0 aromatic heterocycles. The second kappa shape index (κ2) is 15.0. The van der Waals surface area contributed by atoms with Gasteiger partial charge in [-0.15, -0.1) is 0 Å². The molecule has 0 fully saturated rings. The molecule has 28 heavy (non-hydrogen) atoms. The molecule has 0 bridgehead atoms. The summed E-state index contributed by atoms with van der Waals surface area (Å²) in [4.78, 5) is 9.89. The van der Waals surface area contributed by atoms with Crippen LogP contribution in [-0.4, -0.2) is 11.4 Å². The fourth-order valence-electron chi connectivity index (χ4n) is 2.82. The van der Waals surface area contributed by atoms with Crippen molar-refractivity contribution in [3.8, 4) is 0 Å². The van der Waals surface area contributed by atoms with Crippen molar-refractivity contribution in [1.29, 1.82) is 0 Å². The molecule has 0 saturated heterocycles. The van der Waals surface area contributed by atoms with E-state index in [1.165, 1.54) is 19.3 Å². The number of rotatable bonds is 11. The Hall–Kier alpha value is -1.99. The van der Waals surface area contributed by atoms with Crippen LogP contribution in [0.25, 0.3) is 0 Å². The van der Waals surface area contributed by atoms with E-state index in [-0.39, 0.29) is 16.5 Å². The van der Waals surface area contributed by atoms with Gasteiger partial charge in [0.2, 0.25) is 0 Å². The van der Waals surface area contributed by atoms with Crippen molar-refractivity contribution in [2.24, 2.45) is 9.98 Å². The molecule has 0 spiro atoms. The fourth-order valence-corrected chi connectivity index (χ4v) is 2.82. The van der Waals surface area contributed by atoms with Gasteiger partial charge in [-0.3, -0.25) is 4.99 Å². The Bertz CT molecular complexity index is 734. The molecule has 0 aliphatic heterocycles. The molecule has 3 heteroatoms. The Morgan fingerprint density at radius 3 is 1.93 bits per heavy atom. The molecule has 0 saturated carbocycles. The number of unbranched alkanes of at least 4 members (excludes halogenated alkanes) is 4. The molecular weight excluding hydrogens is 387 g/mol. The summed E-state index contributed by atoms with van der Waals surface area (Å²) in [6, 6.07) is 20.4. The molecule has 0 amide bonds. The largest absolute Gasteiger partial charge is 0.251 e. The SMILES string of the molecule is CCC/C=C/C(=Nc1ccccc1)C(CCCCCC)=Nc1ccccc1.[Ni]. The maximum atomic E-state index is 4.97. The zero-order valence-corrected chi connectivity index (χ0v) is 18.1. The van der Waals surface area contributed by atoms with Gasteiger partial charge in [0, 0.05) is 16.5 Å². The third kappa shape index (κ3) is 9.28. The molecule has 2 aromatic rings. The van der Waals surface area contributed by atoms with Gasteiger partial charge in [0.05, 0.1) is 22.8 Å². The van der Waals surface area contributed by atoms with Crippen molar-refractivity contribution in [2.45, 2.75) is 58.8 Å². The maximum Gasteiger partial charge on any atom is 0.0848 e. The molecule has 2 nitrogen and oxygen atoms in total. The van der Waals surface area contributed by atoms with Crippen molar-refractivity contribution in [3.05, 3.63) is 72.8 Å². The van der Waals surface area contributed by atoms with Gasteiger partial charge in [0.1, 0.15) is 0 Å². The molecule has 0 radical (unpaired) electrons. The van der Waals surface area contributed by atoms with E-state index in [1.54, 1.807) is 0 Å². The van der Waals surface area contributed by atoms with Crippen LogP contribution in [0, 0.1) is 0 Å². The van der Waals surface area contributed by atoms with Crippen molar-refractivity contribution in [1.82, 2.24) is 0 Å². The topological polar surface area (TPSA) is 24.7 Å². The Morgan fingerprint density at radius 1 is 0.750 bits per heavy atom. The van der Waals surface area contributed by atoms with E-state index in [0.29, 0.717) is 0 Å². The van der Waals surface area contributed by atoms with Gasteiger partial charge in [-0.1, -0.05) is 82.0 Å². The number of benzene rings is 2. The van der Waals surface area contributed by atoms with Crippen LogP contribution in [-0.2, 0) is 16.5 Å². The van der Waals surface area contributed by atoms with Crippen LogP contribution < -0.4 is 0 Å². The van der Waals surface area contributed by atoms with E-state index in [0.717, 1.165) is 48.5 Å². The normalized spacial score (nSPS) is 12.2. The molecule has 0 unspecified atom stereocenters. The molecule has 0 N–H and O–H groups in total. The van der Waals surface area contributed by atoms with Gasteiger partial charge in [-0.2, -0.15) is 0 Å². The second-order valence-electron chi connectivity index (χ2n) is 6.73. The van der Waals surface area contributed by atoms with Crippen LogP contribution in [0.3, 0.4) is 0 Å². The zero-order valence-electron chi connectivity index (χ0n) is 17.1. The van der Waals surface area contributed by atoms with E-state index in [1.807, 2.05) is 48.5 Å². The minimum Gasteiger partial charge on any atom is -0.251 e. The summed E-state index contributed by atoms with van der Waals surface area (Å²) < 4.78 is 0. The molecule has 0 atom stereocenters. The molecule has 2 rings (SSSR count). The standard InChI is InChI=1S/C25H32N2.Ni/c1-3-5-7-15-21-25(27-23-18-13-9-14-19-23)24(20-10-6-4-2)26-22-16-11-8-12-17-22;/h8-14,16-20H,3-7,15,21H2,1-2H3;/b20-10+,26-24?,27-25?;. The van der Waals surface area contributed by atoms with E-state index < -0.39 is 0 Å². The number of hydrogen-bond donors (Lipinski definition) is 0. The molecule has 0 heterocycles. The molecule has 0 aliphatic carbocycles. The summed E-state index contributed by atoms with van der Waals surface area (Å²) in [6.07, 6.45) is 12.4. The van der Waals surface area contributed by atoms with Gasteiger partial charge < -0.3 is 0 Å². The molecule has 152 valence electrons. The number of allylic oxidation sites excluding steroid dienone is 2. The number of hydrogen-bond acceptors (Lipinski definition) is 2. The Kier molecular flexibility index (Phi) is 12.9. The number of nitrogens with zero attached hydrogens (tertiary/aromatic N) is 2. The smallest absolute Gasteiger partial charge is 0.0848 e. The van der Waals surface area contributed by atoms with Gasteiger partial charge in [-0.05, 0) is 49.6 Å². The minimum atomic E-state index is 0. The number of para-hydroxylation sites is 2.